The Labute approximate surface area is 176 Å². The summed E-state index contributed by atoms with van der Waals surface area (Å²) in [5, 5.41) is 4.15. The zero-order valence-electron chi connectivity index (χ0n) is 16.8. The number of rotatable bonds is 8. The van der Waals surface area contributed by atoms with Gasteiger partial charge in [-0.3, -0.25) is 4.79 Å². The largest absolute Gasteiger partial charge is 0.344 e. The summed E-state index contributed by atoms with van der Waals surface area (Å²) >= 11 is 1.43. The Morgan fingerprint density at radius 1 is 1.28 bits per heavy atom. The first-order valence-corrected chi connectivity index (χ1v) is 12.5. The van der Waals surface area contributed by atoms with Crippen LogP contribution in [0.25, 0.3) is 0 Å². The molecule has 29 heavy (non-hydrogen) atoms. The number of anilines is 1. The van der Waals surface area contributed by atoms with Crippen LogP contribution >= 0.6 is 11.3 Å². The Bertz CT molecular complexity index is 922. The van der Waals surface area contributed by atoms with Gasteiger partial charge in [0, 0.05) is 18.0 Å². The molecule has 9 heteroatoms. The summed E-state index contributed by atoms with van der Waals surface area (Å²) in [5.74, 6) is 0.00843. The number of aromatic nitrogens is 1. The van der Waals surface area contributed by atoms with E-state index in [0.29, 0.717) is 17.3 Å². The molecular formula is C20H28N4O3S2. The molecule has 1 aliphatic rings. The van der Waals surface area contributed by atoms with Crippen molar-refractivity contribution < 1.29 is 13.2 Å². The van der Waals surface area contributed by atoms with Crippen LogP contribution in [0.5, 0.6) is 0 Å². The predicted molar refractivity (Wildman–Crippen MR) is 117 cm³/mol. The molecule has 0 bridgehead atoms. The maximum atomic E-state index is 12.3. The third-order valence-electron chi connectivity index (χ3n) is 5.03. The average molecular weight is 437 g/mol. The van der Waals surface area contributed by atoms with Crippen LogP contribution in [0.15, 0.2) is 30.3 Å². The van der Waals surface area contributed by atoms with Gasteiger partial charge in [0.05, 0.1) is 6.26 Å². The van der Waals surface area contributed by atoms with Gasteiger partial charge in [-0.2, -0.15) is 0 Å². The molecule has 3 rings (SSSR count). The van der Waals surface area contributed by atoms with Gasteiger partial charge in [0.25, 0.3) is 5.91 Å². The fourth-order valence-corrected chi connectivity index (χ4v) is 4.86. The highest BCUT2D eigenvalue weighted by molar-refractivity contribution is 7.89. The first kappa shape index (κ1) is 21.7. The lowest BCUT2D eigenvalue weighted by molar-refractivity contribution is 0.0977. The number of hydrogen-bond donors (Lipinski definition) is 2. The highest BCUT2D eigenvalue weighted by Crippen LogP contribution is 2.28. The highest BCUT2D eigenvalue weighted by atomic mass is 32.2. The molecule has 2 heterocycles. The second-order valence-corrected chi connectivity index (χ2v) is 10.4. The van der Waals surface area contributed by atoms with Crippen LogP contribution in [0.1, 0.15) is 40.2 Å². The van der Waals surface area contributed by atoms with E-state index in [9.17, 15) is 13.2 Å². The van der Waals surface area contributed by atoms with E-state index in [-0.39, 0.29) is 5.69 Å². The summed E-state index contributed by atoms with van der Waals surface area (Å²) < 4.78 is 24.8. The summed E-state index contributed by atoms with van der Waals surface area (Å²) in [6.07, 6.45) is 4.39. The molecule has 1 fully saturated rings. The van der Waals surface area contributed by atoms with E-state index >= 15 is 0 Å². The first-order valence-electron chi connectivity index (χ1n) is 9.81. The standard InChI is InChI=1S/C20H28N4O3S2/c1-15-18(19(25)23-29(2,26)27)22-20(28-15)24(14-17-6-4-3-5-7-17)13-10-16-8-11-21-12-9-16/h3-7,16,21H,8-14H2,1-2H3,(H,23,25). The van der Waals surface area contributed by atoms with Crippen LogP contribution < -0.4 is 14.9 Å². The van der Waals surface area contributed by atoms with Gasteiger partial charge in [-0.25, -0.2) is 18.1 Å². The number of hydrogen-bond acceptors (Lipinski definition) is 7. The molecule has 7 nitrogen and oxygen atoms in total. The van der Waals surface area contributed by atoms with Crippen LogP contribution in [0.3, 0.4) is 0 Å². The Morgan fingerprint density at radius 2 is 1.97 bits per heavy atom. The van der Waals surface area contributed by atoms with Crippen molar-refractivity contribution in [1.29, 1.82) is 0 Å². The molecule has 1 aromatic heterocycles. The number of benzene rings is 1. The Balaban J connectivity index is 1.79. The monoisotopic (exact) mass is 436 g/mol. The quantitative estimate of drug-likeness (QED) is 0.661. The Kier molecular flexibility index (Phi) is 7.26. The van der Waals surface area contributed by atoms with Gasteiger partial charge in [0.2, 0.25) is 10.0 Å². The molecule has 0 saturated carbocycles. The lowest BCUT2D eigenvalue weighted by Crippen LogP contribution is -2.32. The van der Waals surface area contributed by atoms with Crippen LogP contribution in [-0.2, 0) is 16.6 Å². The summed E-state index contributed by atoms with van der Waals surface area (Å²) in [7, 11) is -3.63. The second kappa shape index (κ2) is 9.69. The van der Waals surface area contributed by atoms with E-state index in [4.69, 9.17) is 0 Å². The second-order valence-electron chi connectivity index (χ2n) is 7.49. The molecule has 1 saturated heterocycles. The molecule has 1 aromatic carbocycles. The number of carbonyl (C=O) groups is 1. The Hall–Kier alpha value is -1.97. The van der Waals surface area contributed by atoms with Crippen molar-refractivity contribution in [3.05, 3.63) is 46.5 Å². The summed E-state index contributed by atoms with van der Waals surface area (Å²) in [6.45, 7) is 5.47. The van der Waals surface area contributed by atoms with Crippen LogP contribution in [0.2, 0.25) is 0 Å². The van der Waals surface area contributed by atoms with Crippen LogP contribution in [0.4, 0.5) is 5.13 Å². The number of sulfonamides is 1. The topological polar surface area (TPSA) is 91.4 Å². The molecule has 0 aliphatic carbocycles. The van der Waals surface area contributed by atoms with Crippen molar-refractivity contribution in [3.63, 3.8) is 0 Å². The van der Waals surface area contributed by atoms with E-state index in [2.05, 4.69) is 27.3 Å². The Morgan fingerprint density at radius 3 is 2.62 bits per heavy atom. The fraction of sp³-hybridized carbons (Fsp3) is 0.500. The molecule has 0 unspecified atom stereocenters. The van der Waals surface area contributed by atoms with E-state index < -0.39 is 15.9 Å². The van der Waals surface area contributed by atoms with Crippen molar-refractivity contribution in [2.24, 2.45) is 5.92 Å². The van der Waals surface area contributed by atoms with Gasteiger partial charge in [0.1, 0.15) is 5.69 Å². The summed E-state index contributed by atoms with van der Waals surface area (Å²) in [5.41, 5.74) is 1.35. The minimum atomic E-state index is -3.63. The molecule has 2 N–H and O–H groups in total. The normalized spacial score (nSPS) is 15.2. The summed E-state index contributed by atoms with van der Waals surface area (Å²) in [6, 6.07) is 10.2. The number of piperidine rings is 1. The SMILES string of the molecule is Cc1sc(N(CCC2CCNCC2)Cc2ccccc2)nc1C(=O)NS(C)(=O)=O. The maximum absolute atomic E-state index is 12.3. The van der Waals surface area contributed by atoms with Gasteiger partial charge < -0.3 is 10.2 Å². The van der Waals surface area contributed by atoms with E-state index in [1.807, 2.05) is 22.9 Å². The van der Waals surface area contributed by atoms with Crippen LogP contribution in [0, 0.1) is 12.8 Å². The van der Waals surface area contributed by atoms with Crippen LogP contribution in [-0.4, -0.2) is 45.2 Å². The van der Waals surface area contributed by atoms with E-state index in [1.54, 1.807) is 6.92 Å². The maximum Gasteiger partial charge on any atom is 0.284 e. The molecular weight excluding hydrogens is 408 g/mol. The third kappa shape index (κ3) is 6.52. The van der Waals surface area contributed by atoms with E-state index in [1.165, 1.54) is 29.7 Å². The minimum absolute atomic E-state index is 0.176. The smallest absolute Gasteiger partial charge is 0.284 e. The minimum Gasteiger partial charge on any atom is -0.344 e. The van der Waals surface area contributed by atoms with Crippen molar-refractivity contribution in [2.75, 3.05) is 30.8 Å². The fourth-order valence-electron chi connectivity index (χ4n) is 3.50. The van der Waals surface area contributed by atoms with Crippen molar-refractivity contribution in [3.8, 4) is 0 Å². The molecule has 158 valence electrons. The van der Waals surface area contributed by atoms with Gasteiger partial charge in [-0.1, -0.05) is 30.3 Å². The molecule has 2 aromatic rings. The number of thiazole rings is 1. The number of nitrogens with one attached hydrogen (secondary N) is 2. The lowest BCUT2D eigenvalue weighted by atomic mass is 9.94. The average Bonchev–Trinajstić information content (AvgIpc) is 3.07. The third-order valence-corrected chi connectivity index (χ3v) is 6.62. The predicted octanol–water partition coefficient (Wildman–Crippen LogP) is 2.54. The van der Waals surface area contributed by atoms with Gasteiger partial charge in [-0.15, -0.1) is 11.3 Å². The van der Waals surface area contributed by atoms with Gasteiger partial charge >= 0.3 is 0 Å². The molecule has 0 spiro atoms. The van der Waals surface area contributed by atoms with Gasteiger partial charge in [-0.05, 0) is 50.8 Å². The molecule has 1 amide bonds. The van der Waals surface area contributed by atoms with Crippen molar-refractivity contribution >= 4 is 32.4 Å². The van der Waals surface area contributed by atoms with Gasteiger partial charge in [0.15, 0.2) is 5.13 Å². The lowest BCUT2D eigenvalue weighted by Gasteiger charge is -2.27. The zero-order chi connectivity index (χ0) is 20.9. The zero-order valence-corrected chi connectivity index (χ0v) is 18.5. The first-order chi connectivity index (χ1) is 13.8. The molecule has 1 aliphatic heterocycles. The highest BCUT2D eigenvalue weighted by Gasteiger charge is 2.22. The van der Waals surface area contributed by atoms with E-state index in [0.717, 1.165) is 37.4 Å². The van der Waals surface area contributed by atoms with Crippen molar-refractivity contribution in [1.82, 2.24) is 15.0 Å². The molecule has 0 radical (unpaired) electrons. The number of amides is 1. The number of nitrogens with zero attached hydrogens (tertiary/aromatic N) is 2. The summed E-state index contributed by atoms with van der Waals surface area (Å²) in [4.78, 5) is 19.7. The molecule has 0 atom stereocenters. The number of carbonyl (C=O) groups excluding carboxylic acids is 1. The number of aryl methyl sites for hydroxylation is 1. The van der Waals surface area contributed by atoms with Crippen molar-refractivity contribution in [2.45, 2.75) is 32.7 Å².